The van der Waals surface area contributed by atoms with E-state index in [0.717, 1.165) is 11.3 Å². The second-order valence-electron chi connectivity index (χ2n) is 6.48. The Balaban J connectivity index is 1.68. The third kappa shape index (κ3) is 3.48. The van der Waals surface area contributed by atoms with Crippen LogP contribution in [0.15, 0.2) is 24.3 Å². The average Bonchev–Trinajstić information content (AvgIpc) is 3.15. The van der Waals surface area contributed by atoms with E-state index in [1.54, 1.807) is 4.90 Å². The van der Waals surface area contributed by atoms with E-state index < -0.39 is 0 Å². The minimum absolute atomic E-state index is 0.0159. The Labute approximate surface area is 141 Å². The molecule has 1 aromatic carbocycles. The van der Waals surface area contributed by atoms with Crippen molar-refractivity contribution < 1.29 is 9.59 Å². The number of H-pyrrole nitrogens is 1. The Bertz CT molecular complexity index is 761. The molecule has 1 atom stereocenters. The Morgan fingerprint density at radius 1 is 1.21 bits per heavy atom. The monoisotopic (exact) mass is 326 g/mol. The van der Waals surface area contributed by atoms with Crippen LogP contribution in [-0.4, -0.2) is 40.0 Å². The standard InChI is InChI=1S/C18H22N4O2/c1-11-6-12(2)8-15(7-11)16-9-17(21-20-16)19-18(24)14-4-5-22(10-14)13(3)23/h6-9,14H,4-5,10H2,1-3H3,(H2,19,20,21,24). The third-order valence-electron chi connectivity index (χ3n) is 4.37. The molecule has 1 aliphatic heterocycles. The number of carbonyl (C=O) groups is 2. The van der Waals surface area contributed by atoms with Crippen LogP contribution in [0.3, 0.4) is 0 Å². The summed E-state index contributed by atoms with van der Waals surface area (Å²) in [5.41, 5.74) is 4.28. The lowest BCUT2D eigenvalue weighted by molar-refractivity contribution is -0.128. The summed E-state index contributed by atoms with van der Waals surface area (Å²) < 4.78 is 0. The molecule has 1 saturated heterocycles. The molecule has 6 nitrogen and oxygen atoms in total. The van der Waals surface area contributed by atoms with Gasteiger partial charge in [0.15, 0.2) is 5.82 Å². The van der Waals surface area contributed by atoms with E-state index in [9.17, 15) is 9.59 Å². The van der Waals surface area contributed by atoms with Gasteiger partial charge in [-0.25, -0.2) is 0 Å². The van der Waals surface area contributed by atoms with Crippen molar-refractivity contribution in [1.29, 1.82) is 0 Å². The highest BCUT2D eigenvalue weighted by Gasteiger charge is 2.29. The zero-order valence-corrected chi connectivity index (χ0v) is 14.2. The fraction of sp³-hybridized carbons (Fsp3) is 0.389. The number of aryl methyl sites for hydroxylation is 2. The van der Waals surface area contributed by atoms with Crippen molar-refractivity contribution in [3.8, 4) is 11.3 Å². The van der Waals surface area contributed by atoms with Crippen molar-refractivity contribution in [2.24, 2.45) is 5.92 Å². The van der Waals surface area contributed by atoms with Crippen molar-refractivity contribution in [3.63, 3.8) is 0 Å². The second-order valence-corrected chi connectivity index (χ2v) is 6.48. The molecule has 2 aromatic rings. The average molecular weight is 326 g/mol. The Hall–Kier alpha value is -2.63. The SMILES string of the molecule is CC(=O)N1CCC(C(=O)Nc2cc(-c3cc(C)cc(C)c3)[nH]n2)C1. The molecular weight excluding hydrogens is 304 g/mol. The number of likely N-dealkylation sites (tertiary alicyclic amines) is 1. The predicted molar refractivity (Wildman–Crippen MR) is 92.5 cm³/mol. The number of hydrogen-bond acceptors (Lipinski definition) is 3. The van der Waals surface area contributed by atoms with Gasteiger partial charge in [0.2, 0.25) is 11.8 Å². The molecule has 1 unspecified atom stereocenters. The Morgan fingerprint density at radius 2 is 1.92 bits per heavy atom. The van der Waals surface area contributed by atoms with Gasteiger partial charge in [-0.15, -0.1) is 0 Å². The van der Waals surface area contributed by atoms with E-state index in [2.05, 4.69) is 47.6 Å². The van der Waals surface area contributed by atoms with Gasteiger partial charge in [-0.3, -0.25) is 14.7 Å². The van der Waals surface area contributed by atoms with Crippen molar-refractivity contribution in [1.82, 2.24) is 15.1 Å². The smallest absolute Gasteiger partial charge is 0.230 e. The van der Waals surface area contributed by atoms with Gasteiger partial charge in [0.25, 0.3) is 0 Å². The zero-order chi connectivity index (χ0) is 17.3. The number of nitrogens with zero attached hydrogens (tertiary/aromatic N) is 2. The predicted octanol–water partition coefficient (Wildman–Crippen LogP) is 2.50. The molecule has 0 aliphatic carbocycles. The first-order chi connectivity index (χ1) is 11.4. The molecule has 2 amide bonds. The number of nitrogens with one attached hydrogen (secondary N) is 2. The minimum atomic E-state index is -0.171. The largest absolute Gasteiger partial charge is 0.342 e. The molecule has 2 heterocycles. The molecule has 0 saturated carbocycles. The maximum Gasteiger partial charge on any atom is 0.230 e. The lowest BCUT2D eigenvalue weighted by atomic mass is 10.1. The van der Waals surface area contributed by atoms with E-state index >= 15 is 0 Å². The second kappa shape index (κ2) is 6.47. The van der Waals surface area contributed by atoms with Crippen molar-refractivity contribution in [2.45, 2.75) is 27.2 Å². The van der Waals surface area contributed by atoms with Crippen LogP contribution < -0.4 is 5.32 Å². The summed E-state index contributed by atoms with van der Waals surface area (Å²) in [4.78, 5) is 25.4. The first-order valence-electron chi connectivity index (χ1n) is 8.13. The molecule has 0 radical (unpaired) electrons. The number of anilines is 1. The van der Waals surface area contributed by atoms with Crippen LogP contribution in [0.2, 0.25) is 0 Å². The summed E-state index contributed by atoms with van der Waals surface area (Å²) in [6, 6.07) is 8.11. The van der Waals surface area contributed by atoms with Crippen LogP contribution in [0.1, 0.15) is 24.5 Å². The molecule has 1 aromatic heterocycles. The number of rotatable bonds is 3. The molecule has 0 spiro atoms. The van der Waals surface area contributed by atoms with Crippen molar-refractivity contribution in [3.05, 3.63) is 35.4 Å². The van der Waals surface area contributed by atoms with Crippen LogP contribution in [0, 0.1) is 19.8 Å². The van der Waals surface area contributed by atoms with Gasteiger partial charge in [0.1, 0.15) is 0 Å². The van der Waals surface area contributed by atoms with E-state index in [4.69, 9.17) is 0 Å². The highest BCUT2D eigenvalue weighted by Crippen LogP contribution is 2.23. The summed E-state index contributed by atoms with van der Waals surface area (Å²) in [7, 11) is 0. The fourth-order valence-electron chi connectivity index (χ4n) is 3.15. The fourth-order valence-corrected chi connectivity index (χ4v) is 3.15. The Kier molecular flexibility index (Phi) is 4.38. The summed E-state index contributed by atoms with van der Waals surface area (Å²) >= 11 is 0. The first kappa shape index (κ1) is 16.2. The summed E-state index contributed by atoms with van der Waals surface area (Å²) in [5, 5.41) is 9.99. The number of hydrogen-bond donors (Lipinski definition) is 2. The summed E-state index contributed by atoms with van der Waals surface area (Å²) in [6.07, 6.45) is 0.694. The van der Waals surface area contributed by atoms with Crippen molar-refractivity contribution in [2.75, 3.05) is 18.4 Å². The third-order valence-corrected chi connectivity index (χ3v) is 4.37. The van der Waals surface area contributed by atoms with Crippen LogP contribution in [0.25, 0.3) is 11.3 Å². The van der Waals surface area contributed by atoms with E-state index in [0.29, 0.717) is 25.3 Å². The molecule has 0 bridgehead atoms. The number of aromatic nitrogens is 2. The number of aromatic amines is 1. The normalized spacial score (nSPS) is 17.1. The quantitative estimate of drug-likeness (QED) is 0.909. The molecule has 2 N–H and O–H groups in total. The molecular formula is C18H22N4O2. The van der Waals surface area contributed by atoms with Gasteiger partial charge in [0.05, 0.1) is 11.6 Å². The van der Waals surface area contributed by atoms with Gasteiger partial charge in [-0.1, -0.05) is 17.2 Å². The van der Waals surface area contributed by atoms with Crippen LogP contribution in [0.5, 0.6) is 0 Å². The van der Waals surface area contributed by atoms with Crippen LogP contribution in [0.4, 0.5) is 5.82 Å². The molecule has 126 valence electrons. The van der Waals surface area contributed by atoms with Gasteiger partial charge in [-0.2, -0.15) is 5.10 Å². The molecule has 6 heteroatoms. The topological polar surface area (TPSA) is 78.1 Å². The van der Waals surface area contributed by atoms with Gasteiger partial charge >= 0.3 is 0 Å². The van der Waals surface area contributed by atoms with Gasteiger partial charge in [0, 0.05) is 31.6 Å². The maximum absolute atomic E-state index is 12.3. The number of benzene rings is 1. The Morgan fingerprint density at radius 3 is 2.54 bits per heavy atom. The van der Waals surface area contributed by atoms with E-state index in [1.165, 1.54) is 18.1 Å². The lowest BCUT2D eigenvalue weighted by Crippen LogP contribution is -2.29. The molecule has 3 rings (SSSR count). The van der Waals surface area contributed by atoms with Crippen molar-refractivity contribution >= 4 is 17.6 Å². The van der Waals surface area contributed by atoms with Crippen LogP contribution >= 0.6 is 0 Å². The summed E-state index contributed by atoms with van der Waals surface area (Å²) in [5.74, 6) is 0.269. The lowest BCUT2D eigenvalue weighted by Gasteiger charge is -2.13. The van der Waals surface area contributed by atoms with E-state index in [-0.39, 0.29) is 17.7 Å². The number of amides is 2. The summed E-state index contributed by atoms with van der Waals surface area (Å²) in [6.45, 7) is 6.76. The highest BCUT2D eigenvalue weighted by atomic mass is 16.2. The maximum atomic E-state index is 12.3. The highest BCUT2D eigenvalue weighted by molar-refractivity contribution is 5.93. The first-order valence-corrected chi connectivity index (χ1v) is 8.13. The molecule has 1 fully saturated rings. The zero-order valence-electron chi connectivity index (χ0n) is 14.2. The van der Waals surface area contributed by atoms with Gasteiger partial charge < -0.3 is 10.2 Å². The number of carbonyl (C=O) groups excluding carboxylic acids is 2. The minimum Gasteiger partial charge on any atom is -0.342 e. The van der Waals surface area contributed by atoms with Gasteiger partial charge in [-0.05, 0) is 32.4 Å². The molecule has 1 aliphatic rings. The van der Waals surface area contributed by atoms with E-state index in [1.807, 2.05) is 6.07 Å². The van der Waals surface area contributed by atoms with Crippen LogP contribution in [-0.2, 0) is 9.59 Å². The molecule has 24 heavy (non-hydrogen) atoms.